The Morgan fingerprint density at radius 3 is 2.94 bits per heavy atom. The van der Waals surface area contributed by atoms with Crippen molar-refractivity contribution in [3.05, 3.63) is 11.4 Å². The lowest BCUT2D eigenvalue weighted by molar-refractivity contribution is 0.367. The number of hydrogen-bond acceptors (Lipinski definition) is 6. The zero-order chi connectivity index (χ0) is 13.0. The van der Waals surface area contributed by atoms with Crippen molar-refractivity contribution in [1.29, 1.82) is 0 Å². The maximum Gasteiger partial charge on any atom is 0.225 e. The second-order valence-electron chi connectivity index (χ2n) is 4.11. The Hall–Kier alpha value is -1.40. The van der Waals surface area contributed by atoms with Crippen LogP contribution in [0.4, 0.5) is 11.8 Å². The van der Waals surface area contributed by atoms with E-state index < -0.39 is 0 Å². The Balaban J connectivity index is 2.13. The van der Waals surface area contributed by atoms with Gasteiger partial charge in [-0.2, -0.15) is 4.98 Å². The predicted octanol–water partition coefficient (Wildman–Crippen LogP) is 2.10. The molecular formula is C12H19N5S. The highest BCUT2D eigenvalue weighted by Crippen LogP contribution is 2.26. The fraction of sp³-hybridized carbons (Fsp3) is 0.500. The van der Waals surface area contributed by atoms with Crippen molar-refractivity contribution >= 4 is 33.3 Å². The minimum atomic E-state index is 0.663. The van der Waals surface area contributed by atoms with Crippen LogP contribution in [0.25, 0.3) is 10.2 Å². The average molecular weight is 265 g/mol. The van der Waals surface area contributed by atoms with Gasteiger partial charge in [-0.15, -0.1) is 11.3 Å². The summed E-state index contributed by atoms with van der Waals surface area (Å²) in [6.45, 7) is 5.10. The summed E-state index contributed by atoms with van der Waals surface area (Å²) < 4.78 is 0. The van der Waals surface area contributed by atoms with E-state index in [1.165, 1.54) is 0 Å². The number of fused-ring (bicyclic) bond motifs is 1. The molecular weight excluding hydrogens is 246 g/mol. The summed E-state index contributed by atoms with van der Waals surface area (Å²) >= 11 is 1.63. The van der Waals surface area contributed by atoms with Crippen LogP contribution in [0.1, 0.15) is 6.92 Å². The first kappa shape index (κ1) is 13.0. The van der Waals surface area contributed by atoms with E-state index in [0.29, 0.717) is 5.95 Å². The second kappa shape index (κ2) is 5.97. The Morgan fingerprint density at radius 2 is 2.22 bits per heavy atom. The Labute approximate surface area is 111 Å². The molecule has 2 rings (SSSR count). The van der Waals surface area contributed by atoms with Crippen LogP contribution in [-0.2, 0) is 0 Å². The summed E-state index contributed by atoms with van der Waals surface area (Å²) in [6.07, 6.45) is 0. The summed E-state index contributed by atoms with van der Waals surface area (Å²) in [5.74, 6) is 1.58. The summed E-state index contributed by atoms with van der Waals surface area (Å²) in [4.78, 5) is 12.2. The Morgan fingerprint density at radius 1 is 1.39 bits per heavy atom. The van der Waals surface area contributed by atoms with Crippen molar-refractivity contribution < 1.29 is 0 Å². The molecule has 0 amide bonds. The lowest BCUT2D eigenvalue weighted by Crippen LogP contribution is -2.25. The third-order valence-electron chi connectivity index (χ3n) is 2.87. The van der Waals surface area contributed by atoms with Gasteiger partial charge in [-0.1, -0.05) is 6.92 Å². The van der Waals surface area contributed by atoms with Crippen LogP contribution in [-0.4, -0.2) is 48.6 Å². The van der Waals surface area contributed by atoms with E-state index in [4.69, 9.17) is 0 Å². The largest absolute Gasteiger partial charge is 0.368 e. The molecule has 2 aromatic heterocycles. The van der Waals surface area contributed by atoms with Gasteiger partial charge in [0.05, 0.1) is 5.39 Å². The van der Waals surface area contributed by atoms with Crippen LogP contribution in [0.5, 0.6) is 0 Å². The van der Waals surface area contributed by atoms with Crippen LogP contribution in [0.2, 0.25) is 0 Å². The number of hydrogen-bond donors (Lipinski definition) is 2. The zero-order valence-electron chi connectivity index (χ0n) is 11.0. The molecule has 5 nitrogen and oxygen atoms in total. The molecule has 2 heterocycles. The predicted molar refractivity (Wildman–Crippen MR) is 78.6 cm³/mol. The summed E-state index contributed by atoms with van der Waals surface area (Å²) in [5, 5.41) is 9.52. The van der Waals surface area contributed by atoms with Crippen LogP contribution in [0.15, 0.2) is 11.4 Å². The molecule has 18 heavy (non-hydrogen) atoms. The van der Waals surface area contributed by atoms with E-state index in [0.717, 1.165) is 35.7 Å². The van der Waals surface area contributed by atoms with Gasteiger partial charge in [0.1, 0.15) is 10.6 Å². The van der Waals surface area contributed by atoms with Crippen molar-refractivity contribution in [3.8, 4) is 0 Å². The molecule has 0 saturated heterocycles. The molecule has 0 atom stereocenters. The average Bonchev–Trinajstić information content (AvgIpc) is 2.86. The van der Waals surface area contributed by atoms with Gasteiger partial charge in [-0.3, -0.25) is 0 Å². The van der Waals surface area contributed by atoms with Gasteiger partial charge in [0, 0.05) is 20.1 Å². The van der Waals surface area contributed by atoms with Gasteiger partial charge >= 0.3 is 0 Å². The first-order chi connectivity index (χ1) is 8.74. The SMILES string of the molecule is CCN(C)CCNc1nc(NC)nc2sccc12. The first-order valence-electron chi connectivity index (χ1n) is 6.10. The van der Waals surface area contributed by atoms with Crippen molar-refractivity contribution in [2.75, 3.05) is 44.4 Å². The quantitative estimate of drug-likeness (QED) is 0.837. The molecule has 0 saturated carbocycles. The van der Waals surface area contributed by atoms with E-state index in [-0.39, 0.29) is 0 Å². The van der Waals surface area contributed by atoms with Crippen LogP contribution in [0, 0.1) is 0 Å². The first-order valence-corrected chi connectivity index (χ1v) is 6.98. The molecule has 0 aromatic carbocycles. The van der Waals surface area contributed by atoms with E-state index in [2.05, 4.69) is 45.5 Å². The van der Waals surface area contributed by atoms with Gasteiger partial charge < -0.3 is 15.5 Å². The molecule has 0 fully saturated rings. The van der Waals surface area contributed by atoms with Crippen molar-refractivity contribution in [1.82, 2.24) is 14.9 Å². The normalized spacial score (nSPS) is 11.1. The van der Waals surface area contributed by atoms with Crippen LogP contribution >= 0.6 is 11.3 Å². The molecule has 0 bridgehead atoms. The Kier molecular flexibility index (Phi) is 4.33. The number of likely N-dealkylation sites (N-methyl/N-ethyl adjacent to an activating group) is 1. The zero-order valence-corrected chi connectivity index (χ0v) is 11.8. The van der Waals surface area contributed by atoms with Gasteiger partial charge in [0.15, 0.2) is 0 Å². The van der Waals surface area contributed by atoms with Crippen molar-refractivity contribution in [2.24, 2.45) is 0 Å². The topological polar surface area (TPSA) is 53.1 Å². The van der Waals surface area contributed by atoms with Gasteiger partial charge in [0.2, 0.25) is 5.95 Å². The molecule has 0 aliphatic rings. The monoisotopic (exact) mass is 265 g/mol. The Bertz CT molecular complexity index is 510. The molecule has 0 unspecified atom stereocenters. The van der Waals surface area contributed by atoms with Crippen molar-refractivity contribution in [3.63, 3.8) is 0 Å². The van der Waals surface area contributed by atoms with E-state index >= 15 is 0 Å². The molecule has 0 radical (unpaired) electrons. The third-order valence-corrected chi connectivity index (χ3v) is 3.68. The summed E-state index contributed by atoms with van der Waals surface area (Å²) in [5.41, 5.74) is 0. The smallest absolute Gasteiger partial charge is 0.225 e. The number of nitrogens with zero attached hydrogens (tertiary/aromatic N) is 3. The fourth-order valence-corrected chi connectivity index (χ4v) is 2.39. The van der Waals surface area contributed by atoms with Crippen LogP contribution in [0.3, 0.4) is 0 Å². The van der Waals surface area contributed by atoms with Crippen LogP contribution < -0.4 is 10.6 Å². The van der Waals surface area contributed by atoms with Crippen molar-refractivity contribution in [2.45, 2.75) is 6.92 Å². The maximum absolute atomic E-state index is 4.47. The van der Waals surface area contributed by atoms with Gasteiger partial charge in [-0.05, 0) is 25.0 Å². The second-order valence-corrected chi connectivity index (χ2v) is 5.00. The highest BCUT2D eigenvalue weighted by Gasteiger charge is 2.07. The summed E-state index contributed by atoms with van der Waals surface area (Å²) in [7, 11) is 3.95. The number of anilines is 2. The molecule has 98 valence electrons. The number of rotatable bonds is 6. The molecule has 2 aromatic rings. The number of thiophene rings is 1. The minimum absolute atomic E-state index is 0.663. The standard InChI is InChI=1S/C12H19N5S/c1-4-17(3)7-6-14-10-9-5-8-18-11(9)16-12(13-2)15-10/h5,8H,4,6-7H2,1-3H3,(H2,13,14,15,16). The number of aromatic nitrogens is 2. The van der Waals surface area contributed by atoms with Gasteiger partial charge in [0.25, 0.3) is 0 Å². The molecule has 0 spiro atoms. The highest BCUT2D eigenvalue weighted by molar-refractivity contribution is 7.16. The fourth-order valence-electron chi connectivity index (χ4n) is 1.63. The maximum atomic E-state index is 4.47. The number of nitrogens with one attached hydrogen (secondary N) is 2. The van der Waals surface area contributed by atoms with Gasteiger partial charge in [-0.25, -0.2) is 4.98 Å². The minimum Gasteiger partial charge on any atom is -0.368 e. The highest BCUT2D eigenvalue weighted by atomic mass is 32.1. The lowest BCUT2D eigenvalue weighted by Gasteiger charge is -2.14. The molecule has 0 aliphatic carbocycles. The molecule has 2 N–H and O–H groups in total. The van der Waals surface area contributed by atoms with E-state index in [9.17, 15) is 0 Å². The third kappa shape index (κ3) is 2.88. The van der Waals surface area contributed by atoms with E-state index in [1.807, 2.05) is 12.4 Å². The van der Waals surface area contributed by atoms with E-state index in [1.54, 1.807) is 11.3 Å². The summed E-state index contributed by atoms with van der Waals surface area (Å²) in [6, 6.07) is 2.06. The molecule has 0 aliphatic heterocycles. The lowest BCUT2D eigenvalue weighted by atomic mass is 10.3. The molecule has 6 heteroatoms.